The number of rotatable bonds is 2. The van der Waals surface area contributed by atoms with Crippen LogP contribution < -0.4 is 5.32 Å². The maximum atomic E-state index is 9.09. The molecule has 1 aromatic rings. The van der Waals surface area contributed by atoms with Crippen molar-refractivity contribution in [2.75, 3.05) is 32.5 Å². The van der Waals surface area contributed by atoms with Gasteiger partial charge < -0.3 is 10.2 Å². The van der Waals surface area contributed by atoms with E-state index in [0.29, 0.717) is 5.92 Å². The number of nitrogens with zero attached hydrogens (tertiary/aromatic N) is 3. The summed E-state index contributed by atoms with van der Waals surface area (Å²) in [6, 6.07) is 2.26. The van der Waals surface area contributed by atoms with Gasteiger partial charge in [-0.15, -0.1) is 0 Å². The molecule has 1 N–H and O–H groups in total. The van der Waals surface area contributed by atoms with E-state index in [-0.39, 0.29) is 0 Å². The summed E-state index contributed by atoms with van der Waals surface area (Å²) in [6.07, 6.45) is 2.22. The fourth-order valence-corrected chi connectivity index (χ4v) is 2.88. The number of aromatic nitrogens is 1. The zero-order valence-electron chi connectivity index (χ0n) is 9.66. The van der Waals surface area contributed by atoms with E-state index in [1.165, 1.54) is 11.3 Å². The van der Waals surface area contributed by atoms with Crippen molar-refractivity contribution in [1.82, 2.24) is 9.88 Å². The molecule has 0 spiro atoms. The predicted molar refractivity (Wildman–Crippen MR) is 65.8 cm³/mol. The third kappa shape index (κ3) is 2.18. The number of hydrogen-bond acceptors (Lipinski definition) is 5. The van der Waals surface area contributed by atoms with Gasteiger partial charge in [-0.05, 0) is 33.0 Å². The normalized spacial score (nSPS) is 18.3. The van der Waals surface area contributed by atoms with Crippen LogP contribution in [0.3, 0.4) is 0 Å². The van der Waals surface area contributed by atoms with Gasteiger partial charge in [-0.2, -0.15) is 5.26 Å². The molecule has 0 saturated carbocycles. The first kappa shape index (κ1) is 11.4. The molecule has 0 amide bonds. The summed E-state index contributed by atoms with van der Waals surface area (Å²) in [5.41, 5.74) is 1.00. The predicted octanol–water partition coefficient (Wildman–Crippen LogP) is 1.87. The van der Waals surface area contributed by atoms with E-state index >= 15 is 0 Å². The number of hydrogen-bond donors (Lipinski definition) is 1. The molecular weight excluding hydrogens is 220 g/mol. The van der Waals surface area contributed by atoms with Gasteiger partial charge in [0.15, 0.2) is 5.13 Å². The Labute approximate surface area is 99.9 Å². The molecule has 2 heterocycles. The second-order valence-electron chi connectivity index (χ2n) is 4.17. The summed E-state index contributed by atoms with van der Waals surface area (Å²) in [5, 5.41) is 13.0. The number of likely N-dealkylation sites (tertiary alicyclic amines) is 1. The standard InChI is InChI=1S/C11H16N4S/c1-13-11-14-10(9(7-12)16-11)8-3-5-15(2)6-4-8/h8H,3-6H2,1-2H3,(H,13,14). The van der Waals surface area contributed by atoms with E-state index in [1.54, 1.807) is 0 Å². The van der Waals surface area contributed by atoms with Crippen molar-refractivity contribution >= 4 is 16.5 Å². The van der Waals surface area contributed by atoms with Crippen molar-refractivity contribution in [2.24, 2.45) is 0 Å². The van der Waals surface area contributed by atoms with Crippen molar-refractivity contribution in [1.29, 1.82) is 5.26 Å². The molecule has 0 radical (unpaired) electrons. The lowest BCUT2D eigenvalue weighted by molar-refractivity contribution is 0.253. The fourth-order valence-electron chi connectivity index (χ4n) is 2.08. The van der Waals surface area contributed by atoms with Crippen LogP contribution in [-0.4, -0.2) is 37.1 Å². The SMILES string of the molecule is CNc1nc(C2CCN(C)CC2)c(C#N)s1. The van der Waals surface area contributed by atoms with E-state index in [0.717, 1.165) is 41.6 Å². The van der Waals surface area contributed by atoms with Crippen LogP contribution in [0.2, 0.25) is 0 Å². The molecule has 1 fully saturated rings. The van der Waals surface area contributed by atoms with Crippen LogP contribution in [0.25, 0.3) is 0 Å². The molecule has 0 aliphatic carbocycles. The molecule has 5 heteroatoms. The van der Waals surface area contributed by atoms with Crippen molar-refractivity contribution < 1.29 is 0 Å². The summed E-state index contributed by atoms with van der Waals surface area (Å²) in [4.78, 5) is 7.62. The van der Waals surface area contributed by atoms with E-state index in [2.05, 4.69) is 28.3 Å². The van der Waals surface area contributed by atoms with E-state index < -0.39 is 0 Å². The average Bonchev–Trinajstić information content (AvgIpc) is 2.73. The largest absolute Gasteiger partial charge is 0.365 e. The Balaban J connectivity index is 2.19. The van der Waals surface area contributed by atoms with Gasteiger partial charge in [0.2, 0.25) is 0 Å². The van der Waals surface area contributed by atoms with Crippen molar-refractivity contribution in [3.8, 4) is 6.07 Å². The molecule has 0 atom stereocenters. The van der Waals surface area contributed by atoms with Crippen LogP contribution in [0.1, 0.15) is 29.3 Å². The minimum atomic E-state index is 0.462. The van der Waals surface area contributed by atoms with Crippen molar-refractivity contribution in [3.05, 3.63) is 10.6 Å². The van der Waals surface area contributed by atoms with Gasteiger partial charge in [-0.3, -0.25) is 0 Å². The van der Waals surface area contributed by atoms with Gasteiger partial charge >= 0.3 is 0 Å². The number of thiazole rings is 1. The highest BCUT2D eigenvalue weighted by Crippen LogP contribution is 2.33. The summed E-state index contributed by atoms with van der Waals surface area (Å²) < 4.78 is 0. The third-order valence-corrected chi connectivity index (χ3v) is 4.07. The quantitative estimate of drug-likeness (QED) is 0.851. The summed E-state index contributed by atoms with van der Waals surface area (Å²) in [7, 11) is 3.99. The first-order valence-corrected chi connectivity index (χ1v) is 6.33. The Morgan fingerprint density at radius 2 is 2.19 bits per heavy atom. The lowest BCUT2D eigenvalue weighted by Crippen LogP contribution is -2.29. The van der Waals surface area contributed by atoms with Crippen LogP contribution in [0.4, 0.5) is 5.13 Å². The third-order valence-electron chi connectivity index (χ3n) is 3.07. The maximum absolute atomic E-state index is 9.09. The molecule has 1 aromatic heterocycles. The zero-order valence-corrected chi connectivity index (χ0v) is 10.5. The second-order valence-corrected chi connectivity index (χ2v) is 5.17. The topological polar surface area (TPSA) is 52.0 Å². The van der Waals surface area contributed by atoms with Crippen LogP contribution in [-0.2, 0) is 0 Å². The number of piperidine rings is 1. The molecule has 1 aliphatic heterocycles. The van der Waals surface area contributed by atoms with E-state index in [4.69, 9.17) is 5.26 Å². The van der Waals surface area contributed by atoms with Gasteiger partial charge in [-0.25, -0.2) is 4.98 Å². The van der Waals surface area contributed by atoms with Gasteiger partial charge in [0, 0.05) is 13.0 Å². The average molecular weight is 236 g/mol. The van der Waals surface area contributed by atoms with Crippen molar-refractivity contribution in [2.45, 2.75) is 18.8 Å². The van der Waals surface area contributed by atoms with E-state index in [1.807, 2.05) is 7.05 Å². The molecular formula is C11H16N4S. The highest BCUT2D eigenvalue weighted by Gasteiger charge is 2.24. The van der Waals surface area contributed by atoms with Crippen LogP contribution >= 0.6 is 11.3 Å². The lowest BCUT2D eigenvalue weighted by atomic mass is 9.93. The van der Waals surface area contributed by atoms with E-state index in [9.17, 15) is 0 Å². The van der Waals surface area contributed by atoms with Crippen LogP contribution in [0, 0.1) is 11.3 Å². The van der Waals surface area contributed by atoms with Gasteiger partial charge in [-0.1, -0.05) is 11.3 Å². The Hall–Kier alpha value is -1.12. The molecule has 1 aliphatic rings. The maximum Gasteiger partial charge on any atom is 0.183 e. The highest BCUT2D eigenvalue weighted by atomic mass is 32.1. The molecule has 0 bridgehead atoms. The fraction of sp³-hybridized carbons (Fsp3) is 0.636. The number of nitriles is 1. The summed E-state index contributed by atoms with van der Waals surface area (Å²) in [6.45, 7) is 2.20. The van der Waals surface area contributed by atoms with Gasteiger partial charge in [0.1, 0.15) is 10.9 Å². The van der Waals surface area contributed by atoms with Crippen LogP contribution in [0.15, 0.2) is 0 Å². The minimum Gasteiger partial charge on any atom is -0.365 e. The molecule has 4 nitrogen and oxygen atoms in total. The Bertz CT molecular complexity index is 399. The molecule has 0 unspecified atom stereocenters. The van der Waals surface area contributed by atoms with Crippen LogP contribution in [0.5, 0.6) is 0 Å². The molecule has 2 rings (SSSR count). The van der Waals surface area contributed by atoms with Gasteiger partial charge in [0.05, 0.1) is 5.69 Å². The Kier molecular flexibility index (Phi) is 3.42. The van der Waals surface area contributed by atoms with Crippen molar-refractivity contribution in [3.63, 3.8) is 0 Å². The Morgan fingerprint density at radius 3 is 2.75 bits per heavy atom. The minimum absolute atomic E-state index is 0.462. The lowest BCUT2D eigenvalue weighted by Gasteiger charge is -2.27. The molecule has 1 saturated heterocycles. The summed E-state index contributed by atoms with van der Waals surface area (Å²) >= 11 is 1.46. The zero-order chi connectivity index (χ0) is 11.5. The monoisotopic (exact) mass is 236 g/mol. The highest BCUT2D eigenvalue weighted by molar-refractivity contribution is 7.16. The van der Waals surface area contributed by atoms with Gasteiger partial charge in [0.25, 0.3) is 0 Å². The summed E-state index contributed by atoms with van der Waals surface area (Å²) in [5.74, 6) is 0.462. The number of anilines is 1. The molecule has 86 valence electrons. The second kappa shape index (κ2) is 4.81. The smallest absolute Gasteiger partial charge is 0.183 e. The molecule has 16 heavy (non-hydrogen) atoms. The Morgan fingerprint density at radius 1 is 1.50 bits per heavy atom. The molecule has 0 aromatic carbocycles. The number of nitrogens with one attached hydrogen (secondary N) is 1. The first-order chi connectivity index (χ1) is 7.74. The first-order valence-electron chi connectivity index (χ1n) is 5.51.